The van der Waals surface area contributed by atoms with Gasteiger partial charge in [0.05, 0.1) is 13.7 Å². The summed E-state index contributed by atoms with van der Waals surface area (Å²) in [6, 6.07) is 3.76. The first-order valence-corrected chi connectivity index (χ1v) is 8.30. The van der Waals surface area contributed by atoms with Gasteiger partial charge in [0.25, 0.3) is 0 Å². The van der Waals surface area contributed by atoms with Crippen LogP contribution in [0.15, 0.2) is 12.1 Å². The molecule has 0 aliphatic rings. The highest BCUT2D eigenvalue weighted by Crippen LogP contribution is 2.35. The van der Waals surface area contributed by atoms with Crippen LogP contribution in [0.4, 0.5) is 0 Å². The van der Waals surface area contributed by atoms with Crippen molar-refractivity contribution < 1.29 is 9.47 Å². The van der Waals surface area contributed by atoms with Crippen LogP contribution in [0.25, 0.3) is 0 Å². The Balaban J connectivity index is 2.71. The first-order valence-electron chi connectivity index (χ1n) is 7.92. The van der Waals surface area contributed by atoms with Crippen LogP contribution in [0.1, 0.15) is 51.5 Å². The van der Waals surface area contributed by atoms with Crippen LogP contribution in [0.2, 0.25) is 5.02 Å². The minimum atomic E-state index is 0.679. The van der Waals surface area contributed by atoms with Gasteiger partial charge in [-0.15, -0.1) is 0 Å². The Bertz CT molecular complexity index is 410. The fourth-order valence-electron chi connectivity index (χ4n) is 2.17. The molecule has 0 radical (unpaired) electrons. The predicted octanol–water partition coefficient (Wildman–Crippen LogP) is 4.81. The summed E-state index contributed by atoms with van der Waals surface area (Å²) in [6.45, 7) is 6.80. The van der Waals surface area contributed by atoms with Crippen LogP contribution in [0.3, 0.4) is 0 Å². The van der Waals surface area contributed by atoms with Crippen LogP contribution < -0.4 is 14.8 Å². The molecule has 0 aliphatic heterocycles. The van der Waals surface area contributed by atoms with Gasteiger partial charge in [-0.3, -0.25) is 0 Å². The lowest BCUT2D eigenvalue weighted by Gasteiger charge is -2.16. The van der Waals surface area contributed by atoms with E-state index in [2.05, 4.69) is 19.2 Å². The number of ether oxygens (including phenoxy) is 2. The molecule has 0 saturated carbocycles. The van der Waals surface area contributed by atoms with E-state index in [1.54, 1.807) is 7.11 Å². The molecule has 0 heterocycles. The topological polar surface area (TPSA) is 30.5 Å². The zero-order valence-corrected chi connectivity index (χ0v) is 14.3. The summed E-state index contributed by atoms with van der Waals surface area (Å²) in [7, 11) is 1.65. The highest BCUT2D eigenvalue weighted by atomic mass is 35.5. The van der Waals surface area contributed by atoms with E-state index in [0.717, 1.165) is 43.9 Å². The highest BCUT2D eigenvalue weighted by molar-refractivity contribution is 6.30. The van der Waals surface area contributed by atoms with Gasteiger partial charge in [0.2, 0.25) is 0 Å². The lowest BCUT2D eigenvalue weighted by atomic mass is 10.1. The number of hydrogen-bond donors (Lipinski definition) is 1. The molecular formula is C17H28ClNO2. The summed E-state index contributed by atoms with van der Waals surface area (Å²) < 4.78 is 11.4. The Kier molecular flexibility index (Phi) is 9.27. The molecule has 4 heteroatoms. The number of halogens is 1. The lowest BCUT2D eigenvalue weighted by Crippen LogP contribution is -2.15. The maximum absolute atomic E-state index is 6.15. The molecule has 0 bridgehead atoms. The number of rotatable bonds is 11. The van der Waals surface area contributed by atoms with Crippen molar-refractivity contribution in [2.45, 2.75) is 52.5 Å². The Morgan fingerprint density at radius 3 is 2.57 bits per heavy atom. The van der Waals surface area contributed by atoms with Crippen LogP contribution in [-0.4, -0.2) is 20.3 Å². The molecule has 1 N–H and O–H groups in total. The maximum Gasteiger partial charge on any atom is 0.165 e. The maximum atomic E-state index is 6.15. The van der Waals surface area contributed by atoms with Crippen molar-refractivity contribution in [2.75, 3.05) is 20.3 Å². The number of nitrogens with one attached hydrogen (secondary N) is 1. The summed E-state index contributed by atoms with van der Waals surface area (Å²) in [5.41, 5.74) is 1.06. The summed E-state index contributed by atoms with van der Waals surface area (Å²) in [5.74, 6) is 1.54. The van der Waals surface area contributed by atoms with Gasteiger partial charge in [-0.2, -0.15) is 0 Å². The summed E-state index contributed by atoms with van der Waals surface area (Å²) >= 11 is 6.15. The lowest BCUT2D eigenvalue weighted by molar-refractivity contribution is 0.281. The molecule has 0 saturated heterocycles. The molecule has 0 atom stereocenters. The molecule has 1 rings (SSSR count). The fourth-order valence-corrected chi connectivity index (χ4v) is 2.40. The second-order valence-corrected chi connectivity index (χ2v) is 5.62. The van der Waals surface area contributed by atoms with E-state index in [-0.39, 0.29) is 0 Å². The predicted molar refractivity (Wildman–Crippen MR) is 89.6 cm³/mol. The summed E-state index contributed by atoms with van der Waals surface area (Å²) in [6.07, 6.45) is 5.87. The second-order valence-electron chi connectivity index (χ2n) is 5.18. The number of unbranched alkanes of at least 4 members (excludes halogenated alkanes) is 3. The monoisotopic (exact) mass is 313 g/mol. The van der Waals surface area contributed by atoms with Crippen molar-refractivity contribution in [2.24, 2.45) is 0 Å². The van der Waals surface area contributed by atoms with Crippen LogP contribution in [0, 0.1) is 0 Å². The molecule has 0 unspecified atom stereocenters. The molecular weight excluding hydrogens is 286 g/mol. The van der Waals surface area contributed by atoms with Gasteiger partial charge in [-0.05, 0) is 25.5 Å². The Morgan fingerprint density at radius 2 is 1.90 bits per heavy atom. The van der Waals surface area contributed by atoms with Crippen molar-refractivity contribution in [1.29, 1.82) is 0 Å². The quantitative estimate of drug-likeness (QED) is 0.595. The average Bonchev–Trinajstić information content (AvgIpc) is 2.48. The smallest absolute Gasteiger partial charge is 0.165 e. The largest absolute Gasteiger partial charge is 0.493 e. The van der Waals surface area contributed by atoms with Crippen LogP contribution in [0.5, 0.6) is 11.5 Å². The van der Waals surface area contributed by atoms with E-state index in [0.29, 0.717) is 10.8 Å². The third-order valence-electron chi connectivity index (χ3n) is 3.30. The van der Waals surface area contributed by atoms with E-state index < -0.39 is 0 Å². The van der Waals surface area contributed by atoms with Crippen molar-refractivity contribution in [3.05, 3.63) is 22.7 Å². The highest BCUT2D eigenvalue weighted by Gasteiger charge is 2.12. The summed E-state index contributed by atoms with van der Waals surface area (Å²) in [4.78, 5) is 0. The number of methoxy groups -OCH3 is 1. The third kappa shape index (κ3) is 6.58. The number of benzene rings is 1. The van der Waals surface area contributed by atoms with Gasteiger partial charge in [0.1, 0.15) is 0 Å². The Morgan fingerprint density at radius 1 is 1.10 bits per heavy atom. The van der Waals surface area contributed by atoms with Crippen LogP contribution in [-0.2, 0) is 6.54 Å². The zero-order valence-electron chi connectivity index (χ0n) is 13.5. The average molecular weight is 314 g/mol. The fraction of sp³-hybridized carbons (Fsp3) is 0.647. The third-order valence-corrected chi connectivity index (χ3v) is 3.52. The normalized spacial score (nSPS) is 10.7. The van der Waals surface area contributed by atoms with Gasteiger partial charge >= 0.3 is 0 Å². The molecule has 0 fully saturated rings. The first kappa shape index (κ1) is 18.1. The first-order chi connectivity index (χ1) is 10.2. The molecule has 0 amide bonds. The molecule has 21 heavy (non-hydrogen) atoms. The minimum absolute atomic E-state index is 0.679. The van der Waals surface area contributed by atoms with Gasteiger partial charge in [0.15, 0.2) is 11.5 Å². The van der Waals surface area contributed by atoms with Crippen LogP contribution >= 0.6 is 11.6 Å². The molecule has 1 aromatic carbocycles. The minimum Gasteiger partial charge on any atom is -0.493 e. The van der Waals surface area contributed by atoms with E-state index in [1.807, 2.05) is 12.1 Å². The van der Waals surface area contributed by atoms with Gasteiger partial charge in [0, 0.05) is 23.2 Å². The van der Waals surface area contributed by atoms with Gasteiger partial charge < -0.3 is 14.8 Å². The van der Waals surface area contributed by atoms with E-state index in [9.17, 15) is 0 Å². The molecule has 0 aromatic heterocycles. The zero-order chi connectivity index (χ0) is 15.5. The molecule has 1 aromatic rings. The Labute approximate surface area is 134 Å². The van der Waals surface area contributed by atoms with Gasteiger partial charge in [-0.25, -0.2) is 0 Å². The SMILES string of the molecule is CCCCCCOc1c(CNCCC)cc(Cl)cc1OC. The van der Waals surface area contributed by atoms with Gasteiger partial charge in [-0.1, -0.05) is 44.7 Å². The van der Waals surface area contributed by atoms with Crippen molar-refractivity contribution in [1.82, 2.24) is 5.32 Å². The Hall–Kier alpha value is -0.930. The van der Waals surface area contributed by atoms with E-state index in [4.69, 9.17) is 21.1 Å². The molecule has 0 spiro atoms. The molecule has 0 aliphatic carbocycles. The van der Waals surface area contributed by atoms with Crippen molar-refractivity contribution in [3.8, 4) is 11.5 Å². The number of hydrogen-bond acceptors (Lipinski definition) is 3. The standard InChI is InChI=1S/C17H28ClNO2/c1-4-6-7-8-10-21-17-14(13-19-9-5-2)11-15(18)12-16(17)20-3/h11-12,19H,4-10,13H2,1-3H3. The van der Waals surface area contributed by atoms with E-state index in [1.165, 1.54) is 19.3 Å². The molecule has 3 nitrogen and oxygen atoms in total. The summed E-state index contributed by atoms with van der Waals surface area (Å²) in [5, 5.41) is 4.07. The van der Waals surface area contributed by atoms with Crippen molar-refractivity contribution in [3.63, 3.8) is 0 Å². The molecule has 120 valence electrons. The second kappa shape index (κ2) is 10.7. The van der Waals surface area contributed by atoms with Crippen molar-refractivity contribution >= 4 is 11.6 Å². The van der Waals surface area contributed by atoms with E-state index >= 15 is 0 Å².